The Morgan fingerprint density at radius 1 is 1.57 bits per heavy atom. The molecular formula is C11H18N2S. The lowest BCUT2D eigenvalue weighted by Gasteiger charge is -2.23. The Hall–Kier alpha value is -0.410. The van der Waals surface area contributed by atoms with E-state index < -0.39 is 0 Å². The molecule has 0 saturated heterocycles. The first-order valence-electron chi connectivity index (χ1n) is 5.34. The van der Waals surface area contributed by atoms with Crippen LogP contribution in [-0.4, -0.2) is 11.5 Å². The molecule has 0 amide bonds. The topological polar surface area (TPSA) is 24.9 Å². The molecule has 2 nitrogen and oxygen atoms in total. The van der Waals surface area contributed by atoms with Gasteiger partial charge in [0.05, 0.1) is 16.2 Å². The first-order valence-corrected chi connectivity index (χ1v) is 6.22. The van der Waals surface area contributed by atoms with E-state index in [4.69, 9.17) is 4.98 Å². The van der Waals surface area contributed by atoms with Crippen LogP contribution < -0.4 is 5.32 Å². The molecule has 1 aliphatic carbocycles. The van der Waals surface area contributed by atoms with Gasteiger partial charge in [-0.05, 0) is 33.2 Å². The number of hydrogen-bond donors (Lipinski definition) is 1. The van der Waals surface area contributed by atoms with Crippen LogP contribution in [0.2, 0.25) is 0 Å². The lowest BCUT2D eigenvalue weighted by atomic mass is 10.0. The maximum absolute atomic E-state index is 4.72. The molecule has 1 heterocycles. The second-order valence-corrected chi connectivity index (χ2v) is 5.39. The van der Waals surface area contributed by atoms with Crippen LogP contribution in [0.3, 0.4) is 0 Å². The summed E-state index contributed by atoms with van der Waals surface area (Å²) in [7, 11) is 0. The molecule has 1 saturated carbocycles. The van der Waals surface area contributed by atoms with E-state index in [-0.39, 0.29) is 5.54 Å². The van der Waals surface area contributed by atoms with E-state index in [2.05, 4.69) is 31.5 Å². The highest BCUT2D eigenvalue weighted by Gasteiger charge is 2.29. The Morgan fingerprint density at radius 3 is 2.86 bits per heavy atom. The summed E-state index contributed by atoms with van der Waals surface area (Å²) in [6.07, 6.45) is 2.68. The summed E-state index contributed by atoms with van der Waals surface area (Å²) < 4.78 is 0. The van der Waals surface area contributed by atoms with Crippen molar-refractivity contribution in [1.82, 2.24) is 10.3 Å². The summed E-state index contributed by atoms with van der Waals surface area (Å²) in [5.41, 5.74) is 1.23. The van der Waals surface area contributed by atoms with E-state index in [9.17, 15) is 0 Å². The molecule has 0 bridgehead atoms. The molecule has 0 radical (unpaired) electrons. The highest BCUT2D eigenvalue weighted by Crippen LogP contribution is 2.42. The Labute approximate surface area is 89.8 Å². The lowest BCUT2D eigenvalue weighted by Crippen LogP contribution is -2.36. The monoisotopic (exact) mass is 210 g/mol. The van der Waals surface area contributed by atoms with E-state index in [0.29, 0.717) is 0 Å². The molecule has 0 spiro atoms. The summed E-state index contributed by atoms with van der Waals surface area (Å²) in [6.45, 7) is 7.52. The van der Waals surface area contributed by atoms with Crippen molar-refractivity contribution >= 4 is 11.3 Å². The molecule has 1 aliphatic rings. The van der Waals surface area contributed by atoms with Crippen LogP contribution in [0, 0.1) is 0 Å². The molecule has 1 aromatic heterocycles. The first kappa shape index (κ1) is 10.1. The Morgan fingerprint density at radius 2 is 2.29 bits per heavy atom. The summed E-state index contributed by atoms with van der Waals surface area (Å²) in [4.78, 5) is 4.72. The van der Waals surface area contributed by atoms with Gasteiger partial charge in [-0.25, -0.2) is 4.98 Å². The molecule has 0 aliphatic heterocycles. The summed E-state index contributed by atoms with van der Waals surface area (Å²) >= 11 is 1.82. The highest BCUT2D eigenvalue weighted by molar-refractivity contribution is 7.09. The third-order valence-corrected chi connectivity index (χ3v) is 3.71. The van der Waals surface area contributed by atoms with Gasteiger partial charge in [0.1, 0.15) is 0 Å². The molecule has 1 fully saturated rings. The zero-order valence-electron chi connectivity index (χ0n) is 9.13. The van der Waals surface area contributed by atoms with Crippen LogP contribution in [-0.2, 0) is 5.54 Å². The van der Waals surface area contributed by atoms with Crippen molar-refractivity contribution in [3.8, 4) is 0 Å². The third kappa shape index (κ3) is 1.98. The standard InChI is InChI=1S/C11H18N2S/c1-4-12-11(2,3)9-7-14-10(13-9)8-5-6-8/h7-8,12H,4-6H2,1-3H3. The van der Waals surface area contributed by atoms with Crippen molar-refractivity contribution in [1.29, 1.82) is 0 Å². The Kier molecular flexibility index (Phi) is 2.62. The predicted octanol–water partition coefficient (Wildman–Crippen LogP) is 2.87. The molecule has 0 aromatic carbocycles. The van der Waals surface area contributed by atoms with Crippen LogP contribution in [0.25, 0.3) is 0 Å². The third-order valence-electron chi connectivity index (χ3n) is 2.71. The van der Waals surface area contributed by atoms with Gasteiger partial charge in [0.25, 0.3) is 0 Å². The molecule has 0 unspecified atom stereocenters. The average Bonchev–Trinajstić information content (AvgIpc) is 2.83. The fourth-order valence-electron chi connectivity index (χ4n) is 1.62. The second kappa shape index (κ2) is 3.63. The molecule has 1 N–H and O–H groups in total. The van der Waals surface area contributed by atoms with Crippen molar-refractivity contribution in [3.05, 3.63) is 16.1 Å². The van der Waals surface area contributed by atoms with Crippen LogP contribution in [0.15, 0.2) is 5.38 Å². The zero-order valence-corrected chi connectivity index (χ0v) is 9.95. The first-order chi connectivity index (χ1) is 6.63. The molecule has 14 heavy (non-hydrogen) atoms. The van der Waals surface area contributed by atoms with Crippen LogP contribution >= 0.6 is 11.3 Å². The predicted molar refractivity (Wildman–Crippen MR) is 60.8 cm³/mol. The minimum atomic E-state index is 0.0262. The summed E-state index contributed by atoms with van der Waals surface area (Å²) in [5.74, 6) is 0.783. The number of nitrogens with zero attached hydrogens (tertiary/aromatic N) is 1. The zero-order chi connectivity index (χ0) is 10.2. The molecule has 78 valence electrons. The van der Waals surface area contributed by atoms with Crippen molar-refractivity contribution in [3.63, 3.8) is 0 Å². The maximum Gasteiger partial charge on any atom is 0.0960 e. The molecular weight excluding hydrogens is 192 g/mol. The maximum atomic E-state index is 4.72. The normalized spacial score (nSPS) is 17.4. The van der Waals surface area contributed by atoms with Gasteiger partial charge in [0.2, 0.25) is 0 Å². The fraction of sp³-hybridized carbons (Fsp3) is 0.727. The van der Waals surface area contributed by atoms with Crippen molar-refractivity contribution in [2.75, 3.05) is 6.54 Å². The fourth-order valence-corrected chi connectivity index (χ4v) is 2.78. The minimum absolute atomic E-state index is 0.0262. The van der Waals surface area contributed by atoms with E-state index in [0.717, 1.165) is 12.5 Å². The van der Waals surface area contributed by atoms with E-state index in [1.807, 2.05) is 11.3 Å². The van der Waals surface area contributed by atoms with Gasteiger partial charge in [-0.3, -0.25) is 0 Å². The van der Waals surface area contributed by atoms with Gasteiger partial charge in [0.15, 0.2) is 0 Å². The smallest absolute Gasteiger partial charge is 0.0960 e. The number of hydrogen-bond acceptors (Lipinski definition) is 3. The molecule has 3 heteroatoms. The van der Waals surface area contributed by atoms with E-state index in [1.165, 1.54) is 23.5 Å². The van der Waals surface area contributed by atoms with Gasteiger partial charge < -0.3 is 5.32 Å². The van der Waals surface area contributed by atoms with Gasteiger partial charge in [-0.2, -0.15) is 0 Å². The van der Waals surface area contributed by atoms with Gasteiger partial charge in [0, 0.05) is 11.3 Å². The van der Waals surface area contributed by atoms with E-state index in [1.54, 1.807) is 0 Å². The quantitative estimate of drug-likeness (QED) is 0.826. The van der Waals surface area contributed by atoms with Crippen molar-refractivity contribution in [2.24, 2.45) is 0 Å². The van der Waals surface area contributed by atoms with Gasteiger partial charge in [-0.1, -0.05) is 6.92 Å². The lowest BCUT2D eigenvalue weighted by molar-refractivity contribution is 0.405. The van der Waals surface area contributed by atoms with Crippen LogP contribution in [0.5, 0.6) is 0 Å². The number of thiazole rings is 1. The Balaban J connectivity index is 2.14. The summed E-state index contributed by atoms with van der Waals surface area (Å²) in [6, 6.07) is 0. The minimum Gasteiger partial charge on any atom is -0.307 e. The second-order valence-electron chi connectivity index (χ2n) is 4.50. The summed E-state index contributed by atoms with van der Waals surface area (Å²) in [5, 5.41) is 7.00. The molecule has 1 aromatic rings. The average molecular weight is 210 g/mol. The SMILES string of the molecule is CCNC(C)(C)c1csc(C2CC2)n1. The van der Waals surface area contributed by atoms with Crippen LogP contribution in [0.4, 0.5) is 0 Å². The number of aromatic nitrogens is 1. The largest absolute Gasteiger partial charge is 0.307 e. The number of nitrogens with one attached hydrogen (secondary N) is 1. The molecule has 2 rings (SSSR count). The van der Waals surface area contributed by atoms with Gasteiger partial charge >= 0.3 is 0 Å². The van der Waals surface area contributed by atoms with Crippen molar-refractivity contribution < 1.29 is 0 Å². The number of rotatable bonds is 4. The van der Waals surface area contributed by atoms with Crippen LogP contribution in [0.1, 0.15) is 50.2 Å². The van der Waals surface area contributed by atoms with Gasteiger partial charge in [-0.15, -0.1) is 11.3 Å². The van der Waals surface area contributed by atoms with Crippen molar-refractivity contribution in [2.45, 2.75) is 45.1 Å². The van der Waals surface area contributed by atoms with E-state index >= 15 is 0 Å². The Bertz CT molecular complexity index is 313. The highest BCUT2D eigenvalue weighted by atomic mass is 32.1. The molecule has 0 atom stereocenters.